The number of rotatable bonds is 5. The van der Waals surface area contributed by atoms with E-state index in [2.05, 4.69) is 46.8 Å². The summed E-state index contributed by atoms with van der Waals surface area (Å²) >= 11 is 0. The molecule has 0 aromatic heterocycles. The Bertz CT molecular complexity index is 980. The summed E-state index contributed by atoms with van der Waals surface area (Å²) in [6, 6.07) is 0. The largest absolute Gasteiger partial charge is 0.481 e. The van der Waals surface area contributed by atoms with Gasteiger partial charge in [0.2, 0.25) is 0 Å². The van der Waals surface area contributed by atoms with Crippen molar-refractivity contribution in [1.29, 1.82) is 0 Å². The summed E-state index contributed by atoms with van der Waals surface area (Å²) in [7, 11) is 0. The van der Waals surface area contributed by atoms with Crippen LogP contribution >= 0.6 is 0 Å². The molecule has 0 bridgehead atoms. The van der Waals surface area contributed by atoms with Crippen molar-refractivity contribution in [3.63, 3.8) is 0 Å². The first-order chi connectivity index (χ1) is 16.4. The molecule has 9 unspecified atom stereocenters. The Labute approximate surface area is 216 Å². The molecule has 0 heterocycles. The molecule has 4 aliphatic carbocycles. The molecule has 4 aliphatic rings. The average Bonchev–Trinajstić information content (AvgIpc) is 2.77. The molecule has 0 aromatic rings. The third-order valence-corrected chi connectivity index (χ3v) is 11.8. The highest BCUT2D eigenvalue weighted by molar-refractivity contribution is 5.66. The first-order valence-electron chi connectivity index (χ1n) is 13.7. The zero-order chi connectivity index (χ0) is 27.1. The van der Waals surface area contributed by atoms with Gasteiger partial charge in [-0.25, -0.2) is 0 Å². The number of allylic oxidation sites excluding steroid dienone is 3. The molecule has 0 spiro atoms. The number of aliphatic carboxylic acids is 1. The van der Waals surface area contributed by atoms with Crippen molar-refractivity contribution in [3.8, 4) is 0 Å². The molecule has 6 nitrogen and oxygen atoms in total. The summed E-state index contributed by atoms with van der Waals surface area (Å²) in [5.41, 5.74) is -0.799. The first kappa shape index (κ1) is 27.8. The van der Waals surface area contributed by atoms with Crippen LogP contribution < -0.4 is 0 Å². The summed E-state index contributed by atoms with van der Waals surface area (Å²) in [6.45, 7) is 14.2. The minimum absolute atomic E-state index is 0.0167. The van der Waals surface area contributed by atoms with Crippen LogP contribution in [0.15, 0.2) is 23.3 Å². The van der Waals surface area contributed by atoms with Crippen molar-refractivity contribution in [1.82, 2.24) is 0 Å². The van der Waals surface area contributed by atoms with Gasteiger partial charge in [-0.1, -0.05) is 59.3 Å². The normalized spacial score (nSPS) is 47.4. The van der Waals surface area contributed by atoms with E-state index in [1.165, 1.54) is 11.1 Å². The number of carboxylic acids is 1. The fourth-order valence-corrected chi connectivity index (χ4v) is 9.19. The lowest BCUT2D eigenvalue weighted by Gasteiger charge is -2.69. The van der Waals surface area contributed by atoms with Crippen LogP contribution in [0.5, 0.6) is 0 Å². The highest BCUT2D eigenvalue weighted by Crippen LogP contribution is 2.72. The van der Waals surface area contributed by atoms with E-state index in [-0.39, 0.29) is 28.6 Å². The molecule has 0 amide bonds. The molecule has 4 rings (SSSR count). The molecule has 0 aromatic carbocycles. The Kier molecular flexibility index (Phi) is 6.49. The third kappa shape index (κ3) is 3.69. The van der Waals surface area contributed by atoms with Gasteiger partial charge in [0, 0.05) is 22.7 Å². The molecule has 2 fully saturated rings. The number of hydrogen-bond acceptors (Lipinski definition) is 5. The van der Waals surface area contributed by atoms with Gasteiger partial charge in [0.25, 0.3) is 0 Å². The molecule has 204 valence electrons. The summed E-state index contributed by atoms with van der Waals surface area (Å²) in [6.07, 6.45) is 7.18. The summed E-state index contributed by atoms with van der Waals surface area (Å²) in [5.74, 6) is -1.53. The van der Waals surface area contributed by atoms with Crippen molar-refractivity contribution in [2.24, 2.45) is 38.9 Å². The molecular weight excluding hydrogens is 456 g/mol. The number of hydrogen-bond donors (Lipinski definition) is 5. The summed E-state index contributed by atoms with van der Waals surface area (Å²) in [4.78, 5) is 11.7. The molecule has 9 atom stereocenters. The molecule has 5 N–H and O–H groups in total. The van der Waals surface area contributed by atoms with Gasteiger partial charge < -0.3 is 25.5 Å². The van der Waals surface area contributed by atoms with Crippen LogP contribution in [0.1, 0.15) is 93.4 Å². The van der Waals surface area contributed by atoms with Gasteiger partial charge >= 0.3 is 5.97 Å². The molecule has 0 aliphatic heterocycles. The Morgan fingerprint density at radius 3 is 2.31 bits per heavy atom. The van der Waals surface area contributed by atoms with Crippen LogP contribution in [-0.2, 0) is 4.79 Å². The van der Waals surface area contributed by atoms with E-state index in [9.17, 15) is 30.3 Å². The molecule has 2 saturated carbocycles. The predicted molar refractivity (Wildman–Crippen MR) is 139 cm³/mol. The van der Waals surface area contributed by atoms with Crippen molar-refractivity contribution >= 4 is 5.97 Å². The fraction of sp³-hybridized carbons (Fsp3) is 0.833. The predicted octanol–water partition coefficient (Wildman–Crippen LogP) is 4.46. The highest BCUT2D eigenvalue weighted by Gasteiger charge is 2.68. The van der Waals surface area contributed by atoms with Crippen LogP contribution in [0.3, 0.4) is 0 Å². The minimum Gasteiger partial charge on any atom is -0.481 e. The number of carbonyl (C=O) groups is 1. The molecule has 36 heavy (non-hydrogen) atoms. The second-order valence-corrected chi connectivity index (χ2v) is 14.5. The van der Waals surface area contributed by atoms with Crippen molar-refractivity contribution in [3.05, 3.63) is 23.3 Å². The lowest BCUT2D eigenvalue weighted by atomic mass is 9.36. The monoisotopic (exact) mass is 504 g/mol. The van der Waals surface area contributed by atoms with Crippen molar-refractivity contribution in [2.75, 3.05) is 6.61 Å². The summed E-state index contributed by atoms with van der Waals surface area (Å²) in [5, 5.41) is 54.1. The zero-order valence-electron chi connectivity index (χ0n) is 23.3. The van der Waals surface area contributed by atoms with E-state index in [0.717, 1.165) is 25.7 Å². The minimum atomic E-state index is -1.44. The van der Waals surface area contributed by atoms with E-state index < -0.39 is 47.1 Å². The maximum Gasteiger partial charge on any atom is 0.303 e. The lowest BCUT2D eigenvalue weighted by Crippen LogP contribution is -2.67. The Morgan fingerprint density at radius 2 is 1.72 bits per heavy atom. The van der Waals surface area contributed by atoms with E-state index in [1.54, 1.807) is 6.92 Å². The van der Waals surface area contributed by atoms with Crippen LogP contribution in [0.4, 0.5) is 0 Å². The fourth-order valence-electron chi connectivity index (χ4n) is 9.19. The van der Waals surface area contributed by atoms with Gasteiger partial charge in [-0.05, 0) is 73.7 Å². The van der Waals surface area contributed by atoms with Gasteiger partial charge in [-0.2, -0.15) is 0 Å². The van der Waals surface area contributed by atoms with Crippen molar-refractivity contribution < 1.29 is 30.3 Å². The molecule has 6 heteroatoms. The van der Waals surface area contributed by atoms with Gasteiger partial charge in [0.15, 0.2) is 0 Å². The van der Waals surface area contributed by atoms with Crippen LogP contribution in [0, 0.1) is 38.9 Å². The molecule has 0 radical (unpaired) electrons. The maximum absolute atomic E-state index is 11.9. The SMILES string of the molecule is CC1(C)CC2=C3C=CC4C(C)(CCC(=O)O)C(C(C)(O)CO)CC(O)C4(C)C3(C)CCC2(C)C(O)C1. The lowest BCUT2D eigenvalue weighted by molar-refractivity contribution is -0.219. The Morgan fingerprint density at radius 1 is 1.08 bits per heavy atom. The summed E-state index contributed by atoms with van der Waals surface area (Å²) < 4.78 is 0. The average molecular weight is 505 g/mol. The number of aliphatic hydroxyl groups excluding tert-OH is 3. The van der Waals surface area contributed by atoms with E-state index >= 15 is 0 Å². The van der Waals surface area contributed by atoms with Gasteiger partial charge in [0.05, 0.1) is 24.4 Å². The number of carboxylic acid groups (broad SMARTS) is 1. The third-order valence-electron chi connectivity index (χ3n) is 11.8. The number of aliphatic hydroxyl groups is 4. The Hall–Kier alpha value is -1.21. The zero-order valence-corrected chi connectivity index (χ0v) is 23.3. The van der Waals surface area contributed by atoms with Gasteiger partial charge in [-0.3, -0.25) is 4.79 Å². The standard InChI is InChI=1S/C30H48O6/c1-25(2)15-19-18-8-9-20-27(4,11-10-24(34)35)21(29(6,36)17-31)14-22(32)30(20,7)28(18,5)13-12-26(19,3)23(33)16-25/h8-9,20-23,31-33,36H,10-17H2,1-7H3,(H,34,35). The van der Waals surface area contributed by atoms with Crippen LogP contribution in [-0.4, -0.2) is 55.9 Å². The van der Waals surface area contributed by atoms with E-state index in [1.807, 2.05) is 6.92 Å². The van der Waals surface area contributed by atoms with Gasteiger partial charge in [-0.15, -0.1) is 0 Å². The first-order valence-corrected chi connectivity index (χ1v) is 13.7. The van der Waals surface area contributed by atoms with Crippen LogP contribution in [0.2, 0.25) is 0 Å². The maximum atomic E-state index is 11.9. The second-order valence-electron chi connectivity index (χ2n) is 14.5. The molecular formula is C30H48O6. The molecule has 0 saturated heterocycles. The Balaban J connectivity index is 1.93. The second kappa shape index (κ2) is 8.39. The van der Waals surface area contributed by atoms with Gasteiger partial charge in [0.1, 0.15) is 0 Å². The highest BCUT2D eigenvalue weighted by atomic mass is 16.4. The van der Waals surface area contributed by atoms with Crippen molar-refractivity contribution in [2.45, 2.75) is 111 Å². The topological polar surface area (TPSA) is 118 Å². The van der Waals surface area contributed by atoms with E-state index in [4.69, 9.17) is 0 Å². The quantitative estimate of drug-likeness (QED) is 0.377. The number of fused-ring (bicyclic) bond motifs is 4. The van der Waals surface area contributed by atoms with Crippen LogP contribution in [0.25, 0.3) is 0 Å². The van der Waals surface area contributed by atoms with E-state index in [0.29, 0.717) is 12.8 Å². The smallest absolute Gasteiger partial charge is 0.303 e.